The van der Waals surface area contributed by atoms with Crippen molar-refractivity contribution in [1.82, 2.24) is 0 Å². The van der Waals surface area contributed by atoms with Crippen LogP contribution in [-0.2, 0) is 20.4 Å². The van der Waals surface area contributed by atoms with Crippen molar-refractivity contribution in [3.05, 3.63) is 20.6 Å². The van der Waals surface area contributed by atoms with E-state index in [2.05, 4.69) is 61.2 Å². The van der Waals surface area contributed by atoms with E-state index in [1.54, 1.807) is 9.45 Å². The van der Waals surface area contributed by atoms with E-state index >= 15 is 0 Å². The minimum absolute atomic E-state index is 0. The van der Waals surface area contributed by atoms with Crippen LogP contribution in [0.1, 0.15) is 27.7 Å². The van der Waals surface area contributed by atoms with E-state index in [-0.39, 0.29) is 24.8 Å². The van der Waals surface area contributed by atoms with Gasteiger partial charge in [-0.1, -0.05) is 13.1 Å². The second-order valence-electron chi connectivity index (χ2n) is 3.78. The Labute approximate surface area is 121 Å². The average molecular weight is 300 g/mol. The molecule has 87 valence electrons. The Kier molecular flexibility index (Phi) is 14.4. The van der Waals surface area contributed by atoms with Gasteiger partial charge in [-0.05, 0) is 0 Å². The van der Waals surface area contributed by atoms with Crippen LogP contribution in [-0.4, -0.2) is 9.52 Å². The topological polar surface area (TPSA) is 0 Å². The van der Waals surface area contributed by atoms with Crippen molar-refractivity contribution < 1.29 is 45.2 Å². The monoisotopic (exact) mass is 299 g/mol. The zero-order chi connectivity index (χ0) is 10.6. The van der Waals surface area contributed by atoms with Crippen LogP contribution in [0.15, 0.2) is 20.6 Å². The van der Waals surface area contributed by atoms with E-state index in [4.69, 9.17) is 0 Å². The van der Waals surface area contributed by atoms with Gasteiger partial charge in [-0.25, -0.2) is 0 Å². The first kappa shape index (κ1) is 21.3. The molecule has 0 saturated carbocycles. The fraction of sp³-hybridized carbons (Fsp3) is 0.636. The Morgan fingerprint density at radius 1 is 1.00 bits per heavy atom. The van der Waals surface area contributed by atoms with Crippen LogP contribution < -0.4 is 24.8 Å². The Morgan fingerprint density at radius 3 is 1.40 bits per heavy atom. The van der Waals surface area contributed by atoms with Gasteiger partial charge in [0.2, 0.25) is 0 Å². The Bertz CT molecular complexity index is 223. The van der Waals surface area contributed by atoms with Crippen LogP contribution in [0.3, 0.4) is 0 Å². The van der Waals surface area contributed by atoms with Crippen molar-refractivity contribution in [1.29, 1.82) is 0 Å². The summed E-state index contributed by atoms with van der Waals surface area (Å²) < 4.78 is 1.55. The van der Waals surface area contributed by atoms with Crippen molar-refractivity contribution >= 4 is 9.52 Å². The van der Waals surface area contributed by atoms with Gasteiger partial charge in [0, 0.05) is 9.52 Å². The number of halogens is 2. The minimum Gasteiger partial charge on any atom is -1.00 e. The summed E-state index contributed by atoms with van der Waals surface area (Å²) in [5.41, 5.74) is 4.56. The van der Waals surface area contributed by atoms with Crippen molar-refractivity contribution in [3.8, 4) is 0 Å². The molecule has 15 heavy (non-hydrogen) atoms. The molecule has 1 aliphatic rings. The smallest absolute Gasteiger partial charge is 0.0135 e. The maximum absolute atomic E-state index is 2.28. The fourth-order valence-corrected chi connectivity index (χ4v) is 1.99. The second-order valence-corrected chi connectivity index (χ2v) is 6.03. The summed E-state index contributed by atoms with van der Waals surface area (Å²) in [7, 11) is 0.417. The van der Waals surface area contributed by atoms with E-state index in [1.807, 2.05) is 0 Å². The molecular formula is C11H21Cl2SiTi. The van der Waals surface area contributed by atoms with Gasteiger partial charge in [-0.15, -0.1) is 0 Å². The number of allylic oxidation sites excluding steroid dienone is 4. The second kappa shape index (κ2) is 10.2. The van der Waals surface area contributed by atoms with Crippen LogP contribution in [0.2, 0.25) is 13.1 Å². The summed E-state index contributed by atoms with van der Waals surface area (Å²) in [6.07, 6.45) is 0. The van der Waals surface area contributed by atoms with Gasteiger partial charge >= 0.3 is 74.6 Å². The predicted octanol–water partition coefficient (Wildman–Crippen LogP) is -2.95. The molecule has 0 saturated heterocycles. The largest absolute Gasteiger partial charge is 1.00 e. The number of hydrogen-bond donors (Lipinski definition) is 0. The van der Waals surface area contributed by atoms with Crippen LogP contribution in [0.4, 0.5) is 0 Å². The van der Waals surface area contributed by atoms with Gasteiger partial charge in [0.15, 0.2) is 0 Å². The molecule has 0 aromatic carbocycles. The molecule has 0 nitrogen and oxygen atoms in total. The molecule has 0 N–H and O–H groups in total. The summed E-state index contributed by atoms with van der Waals surface area (Å²) in [5, 5.41) is 0. The molecule has 0 radical (unpaired) electrons. The van der Waals surface area contributed by atoms with Crippen molar-refractivity contribution in [2.24, 2.45) is 5.92 Å². The zero-order valence-corrected chi connectivity index (χ0v) is 15.0. The number of hydrogen-bond acceptors (Lipinski definition) is 0. The standard InChI is InChI=1S/C9H13.C2H8Si.2ClH.Ti/c1-6-5-7(2)9(4)8(6)3;1-3-2;;;/h6H,1-4H3;3H2,1-2H3;2*1H;/q;;;;+2/p-2. The molecular weight excluding hydrogens is 279 g/mol. The van der Waals surface area contributed by atoms with Crippen LogP contribution in [0, 0.1) is 5.92 Å². The van der Waals surface area contributed by atoms with E-state index in [9.17, 15) is 0 Å². The van der Waals surface area contributed by atoms with E-state index in [0.717, 1.165) is 0 Å². The molecule has 1 unspecified atom stereocenters. The Morgan fingerprint density at radius 2 is 1.33 bits per heavy atom. The normalized spacial score (nSPS) is 19.1. The first-order valence-electron chi connectivity index (χ1n) is 5.07. The van der Waals surface area contributed by atoms with Crippen molar-refractivity contribution in [2.45, 2.75) is 40.8 Å². The molecule has 1 aliphatic carbocycles. The fourth-order valence-electron chi connectivity index (χ4n) is 1.36. The van der Waals surface area contributed by atoms with Crippen LogP contribution in [0.5, 0.6) is 0 Å². The first-order valence-corrected chi connectivity index (χ1v) is 8.68. The molecule has 0 spiro atoms. The average Bonchev–Trinajstić information content (AvgIpc) is 2.25. The first-order chi connectivity index (χ1) is 5.97. The third-order valence-electron chi connectivity index (χ3n) is 2.64. The predicted molar refractivity (Wildman–Crippen MR) is 60.5 cm³/mol. The van der Waals surface area contributed by atoms with Crippen molar-refractivity contribution in [2.75, 3.05) is 0 Å². The van der Waals surface area contributed by atoms with Gasteiger partial charge in [-0.3, -0.25) is 0 Å². The number of rotatable bonds is 0. The molecule has 0 aromatic heterocycles. The van der Waals surface area contributed by atoms with E-state index in [0.29, 0.717) is 15.4 Å². The zero-order valence-electron chi connectivity index (χ0n) is 10.5. The summed E-state index contributed by atoms with van der Waals surface area (Å²) in [6.45, 7) is 13.5. The van der Waals surface area contributed by atoms with E-state index in [1.165, 1.54) is 11.1 Å². The summed E-state index contributed by atoms with van der Waals surface area (Å²) in [5.74, 6) is 0.694. The molecule has 0 aliphatic heterocycles. The minimum atomic E-state index is 0. The summed E-state index contributed by atoms with van der Waals surface area (Å²) in [4.78, 5) is 0. The maximum Gasteiger partial charge on any atom is 0.0135 e. The van der Waals surface area contributed by atoms with Gasteiger partial charge in [0.25, 0.3) is 0 Å². The van der Waals surface area contributed by atoms with Gasteiger partial charge < -0.3 is 24.8 Å². The summed E-state index contributed by atoms with van der Waals surface area (Å²) in [6, 6.07) is 0. The maximum atomic E-state index is 2.28. The molecule has 4 heteroatoms. The molecule has 0 amide bonds. The molecule has 0 fully saturated rings. The SMILES string of the molecule is CC1=C(C)C(C)[C]([Ti+2])=C1C.C[SiH2]C.[Cl-].[Cl-]. The van der Waals surface area contributed by atoms with Gasteiger partial charge in [0.05, 0.1) is 0 Å². The quantitative estimate of drug-likeness (QED) is 0.420. The van der Waals surface area contributed by atoms with Crippen molar-refractivity contribution in [3.63, 3.8) is 0 Å². The van der Waals surface area contributed by atoms with Crippen LogP contribution >= 0.6 is 0 Å². The Hall–Kier alpha value is 0.991. The van der Waals surface area contributed by atoms with Crippen LogP contribution in [0.25, 0.3) is 0 Å². The molecule has 0 bridgehead atoms. The molecule has 1 atom stereocenters. The summed E-state index contributed by atoms with van der Waals surface area (Å²) >= 11 is 2.24. The van der Waals surface area contributed by atoms with Gasteiger partial charge in [-0.2, -0.15) is 0 Å². The third-order valence-corrected chi connectivity index (χ3v) is 3.90. The molecule has 0 aromatic rings. The third kappa shape index (κ3) is 5.74. The van der Waals surface area contributed by atoms with E-state index < -0.39 is 0 Å². The molecule has 1 rings (SSSR count). The van der Waals surface area contributed by atoms with Gasteiger partial charge in [0.1, 0.15) is 0 Å². The Balaban J connectivity index is -0.000000260. The molecule has 0 heterocycles.